The van der Waals surface area contributed by atoms with Crippen molar-refractivity contribution in [1.29, 1.82) is 0 Å². The summed E-state index contributed by atoms with van der Waals surface area (Å²) < 4.78 is 0. The molecule has 0 spiro atoms. The molecule has 9 heteroatoms. The van der Waals surface area contributed by atoms with E-state index in [4.69, 9.17) is 0 Å². The second kappa shape index (κ2) is 11.1. The third kappa shape index (κ3) is 6.08. The fourth-order valence-electron chi connectivity index (χ4n) is 2.91. The molecular weight excluding hydrogens is 364 g/mol. The van der Waals surface area contributed by atoms with Gasteiger partial charge in [0, 0.05) is 37.6 Å². The Bertz CT molecular complexity index is 675. The van der Waals surface area contributed by atoms with Crippen LogP contribution < -0.4 is 9.80 Å². The molecule has 28 heavy (non-hydrogen) atoms. The highest BCUT2D eigenvalue weighted by Crippen LogP contribution is 2.22. The smallest absolute Gasteiger partial charge is 0.108 e. The predicted octanol–water partition coefficient (Wildman–Crippen LogP) is 2.14. The number of aliphatic hydroxyl groups is 3. The quantitative estimate of drug-likeness (QED) is 0.476. The van der Waals surface area contributed by atoms with E-state index in [0.29, 0.717) is 24.5 Å². The molecule has 0 heterocycles. The summed E-state index contributed by atoms with van der Waals surface area (Å²) in [5.41, 5.74) is 2.09. The molecule has 0 bridgehead atoms. The maximum Gasteiger partial charge on any atom is 0.108 e. The predicted molar refractivity (Wildman–Crippen MR) is 108 cm³/mol. The number of benzene rings is 2. The summed E-state index contributed by atoms with van der Waals surface area (Å²) in [4.78, 5) is 24.7. The molecule has 9 nitrogen and oxygen atoms in total. The molecule has 0 aliphatic rings. The number of nitroso groups, excluding NO2 is 2. The van der Waals surface area contributed by atoms with Gasteiger partial charge >= 0.3 is 0 Å². The highest BCUT2D eigenvalue weighted by atomic mass is 16.3. The average Bonchev–Trinajstić information content (AvgIpc) is 2.73. The minimum Gasteiger partial charge on any atom is -0.395 e. The third-order valence-corrected chi connectivity index (χ3v) is 4.24. The molecule has 2 aromatic rings. The fourth-order valence-corrected chi connectivity index (χ4v) is 2.91. The summed E-state index contributed by atoms with van der Waals surface area (Å²) in [6.45, 7) is 0.908. The van der Waals surface area contributed by atoms with Crippen molar-refractivity contribution < 1.29 is 15.3 Å². The Kier molecular flexibility index (Phi) is 8.47. The first-order valence-electron chi connectivity index (χ1n) is 8.87. The molecule has 0 fully saturated rings. The second-order valence-electron chi connectivity index (χ2n) is 6.21. The minimum absolute atomic E-state index is 0.0963. The highest BCUT2D eigenvalue weighted by Gasteiger charge is 2.17. The summed E-state index contributed by atoms with van der Waals surface area (Å²) in [5.74, 6) is 0. The topological polar surface area (TPSA) is 126 Å². The molecule has 0 amide bonds. The summed E-state index contributed by atoms with van der Waals surface area (Å²) in [6, 6.07) is 13.1. The van der Waals surface area contributed by atoms with Gasteiger partial charge in [0.25, 0.3) is 0 Å². The van der Waals surface area contributed by atoms with Gasteiger partial charge in [-0.2, -0.15) is 0 Å². The first kappa shape index (κ1) is 21.4. The number of anilines is 2. The van der Waals surface area contributed by atoms with Crippen LogP contribution in [0.3, 0.4) is 0 Å². The molecule has 0 aliphatic heterocycles. The molecule has 0 unspecified atom stereocenters. The van der Waals surface area contributed by atoms with E-state index >= 15 is 0 Å². The maximum absolute atomic E-state index is 10.6. The van der Waals surface area contributed by atoms with Crippen LogP contribution >= 0.6 is 0 Å². The van der Waals surface area contributed by atoms with Crippen molar-refractivity contribution in [3.63, 3.8) is 0 Å². The summed E-state index contributed by atoms with van der Waals surface area (Å²) in [7, 11) is 0. The average molecular weight is 388 g/mol. The van der Waals surface area contributed by atoms with Gasteiger partial charge in [0.1, 0.15) is 11.4 Å². The van der Waals surface area contributed by atoms with E-state index in [9.17, 15) is 25.1 Å². The van der Waals surface area contributed by atoms with Crippen molar-refractivity contribution >= 4 is 22.7 Å². The zero-order valence-electron chi connectivity index (χ0n) is 15.4. The molecule has 0 radical (unpaired) electrons. The Hall–Kier alpha value is -2.88. The van der Waals surface area contributed by atoms with Crippen molar-refractivity contribution in [2.45, 2.75) is 6.10 Å². The van der Waals surface area contributed by atoms with E-state index in [1.54, 1.807) is 58.3 Å². The van der Waals surface area contributed by atoms with Crippen molar-refractivity contribution in [3.05, 3.63) is 58.3 Å². The fraction of sp³-hybridized carbons (Fsp3) is 0.368. The molecule has 2 aromatic carbocycles. The van der Waals surface area contributed by atoms with Crippen LogP contribution in [0.5, 0.6) is 0 Å². The molecule has 0 atom stereocenters. The molecule has 0 aliphatic carbocycles. The zero-order chi connectivity index (χ0) is 20.4. The van der Waals surface area contributed by atoms with Gasteiger partial charge in [0.15, 0.2) is 0 Å². The Morgan fingerprint density at radius 3 is 1.36 bits per heavy atom. The first-order valence-corrected chi connectivity index (χ1v) is 8.87. The van der Waals surface area contributed by atoms with Crippen molar-refractivity contribution in [2.24, 2.45) is 10.4 Å². The number of hydrogen-bond acceptors (Lipinski definition) is 9. The van der Waals surface area contributed by atoms with Crippen molar-refractivity contribution in [3.8, 4) is 0 Å². The van der Waals surface area contributed by atoms with Crippen LogP contribution in [0.25, 0.3) is 0 Å². The number of hydrogen-bond donors (Lipinski definition) is 3. The molecule has 2 rings (SSSR count). The lowest BCUT2D eigenvalue weighted by molar-refractivity contribution is 0.180. The van der Waals surface area contributed by atoms with Gasteiger partial charge < -0.3 is 25.1 Å². The van der Waals surface area contributed by atoms with E-state index in [-0.39, 0.29) is 26.3 Å². The van der Waals surface area contributed by atoms with Gasteiger partial charge in [-0.3, -0.25) is 0 Å². The van der Waals surface area contributed by atoms with E-state index < -0.39 is 6.10 Å². The Balaban J connectivity index is 2.07. The van der Waals surface area contributed by atoms with Crippen molar-refractivity contribution in [2.75, 3.05) is 49.2 Å². The molecule has 150 valence electrons. The SMILES string of the molecule is O=Nc1ccc(N(CCO)CC(O)CN(CCO)c2ccc(N=O)cc2)cc1. The lowest BCUT2D eigenvalue weighted by Gasteiger charge is -2.31. The van der Waals surface area contributed by atoms with Gasteiger partial charge in [0.2, 0.25) is 0 Å². The largest absolute Gasteiger partial charge is 0.395 e. The summed E-state index contributed by atoms with van der Waals surface area (Å²) in [5, 5.41) is 35.0. The Morgan fingerprint density at radius 1 is 0.714 bits per heavy atom. The number of rotatable bonds is 12. The maximum atomic E-state index is 10.6. The van der Waals surface area contributed by atoms with Gasteiger partial charge in [-0.15, -0.1) is 9.81 Å². The van der Waals surface area contributed by atoms with Crippen LogP contribution in [0.4, 0.5) is 22.7 Å². The zero-order valence-corrected chi connectivity index (χ0v) is 15.4. The van der Waals surface area contributed by atoms with Crippen LogP contribution in [0.1, 0.15) is 0 Å². The van der Waals surface area contributed by atoms with E-state index in [2.05, 4.69) is 10.4 Å². The van der Waals surface area contributed by atoms with Crippen LogP contribution in [0.15, 0.2) is 58.9 Å². The van der Waals surface area contributed by atoms with Crippen LogP contribution in [-0.2, 0) is 0 Å². The Morgan fingerprint density at radius 2 is 1.07 bits per heavy atom. The lowest BCUT2D eigenvalue weighted by Crippen LogP contribution is -2.42. The Labute approximate surface area is 162 Å². The van der Waals surface area contributed by atoms with Crippen LogP contribution in [-0.4, -0.2) is 60.8 Å². The number of aliphatic hydroxyl groups excluding tert-OH is 3. The highest BCUT2D eigenvalue weighted by molar-refractivity contribution is 5.54. The minimum atomic E-state index is -0.786. The first-order chi connectivity index (χ1) is 13.6. The molecule has 0 aromatic heterocycles. The van der Waals surface area contributed by atoms with E-state index in [1.165, 1.54) is 0 Å². The van der Waals surface area contributed by atoms with Gasteiger partial charge in [-0.05, 0) is 58.9 Å². The van der Waals surface area contributed by atoms with Crippen molar-refractivity contribution in [1.82, 2.24) is 0 Å². The molecule has 3 N–H and O–H groups in total. The van der Waals surface area contributed by atoms with E-state index in [0.717, 1.165) is 11.4 Å². The monoisotopic (exact) mass is 388 g/mol. The summed E-state index contributed by atoms with van der Waals surface area (Å²) >= 11 is 0. The lowest BCUT2D eigenvalue weighted by atomic mass is 10.2. The third-order valence-electron chi connectivity index (χ3n) is 4.24. The molecular formula is C19H24N4O5. The number of nitrogens with zero attached hydrogens (tertiary/aromatic N) is 4. The molecule has 0 saturated carbocycles. The van der Waals surface area contributed by atoms with Gasteiger partial charge in [-0.1, -0.05) is 0 Å². The standard InChI is InChI=1S/C19H24N4O5/c24-11-9-22(17-5-1-15(20-27)2-6-17)13-19(26)14-23(10-12-25)18-7-3-16(21-28)4-8-18/h1-8,19,24-26H,9-14H2. The van der Waals surface area contributed by atoms with Crippen LogP contribution in [0, 0.1) is 9.81 Å². The van der Waals surface area contributed by atoms with Gasteiger partial charge in [0.05, 0.1) is 19.3 Å². The van der Waals surface area contributed by atoms with Crippen LogP contribution in [0.2, 0.25) is 0 Å². The molecule has 0 saturated heterocycles. The summed E-state index contributed by atoms with van der Waals surface area (Å²) in [6.07, 6.45) is -0.786. The second-order valence-corrected chi connectivity index (χ2v) is 6.21. The normalized spacial score (nSPS) is 10.7. The van der Waals surface area contributed by atoms with Gasteiger partial charge in [-0.25, -0.2) is 0 Å². The van der Waals surface area contributed by atoms with E-state index in [1.807, 2.05) is 0 Å².